The van der Waals surface area contributed by atoms with Crippen LogP contribution in [0, 0.1) is 12.7 Å². The molecule has 0 atom stereocenters. The SMILES string of the molecule is CCN(Cc1cccc(F)c1)C(=O)c1c(C)cccc1N. The highest BCUT2D eigenvalue weighted by atomic mass is 19.1. The van der Waals surface area contributed by atoms with E-state index >= 15 is 0 Å². The van der Waals surface area contributed by atoms with E-state index in [2.05, 4.69) is 0 Å². The minimum Gasteiger partial charge on any atom is -0.398 e. The van der Waals surface area contributed by atoms with Gasteiger partial charge in [0.25, 0.3) is 5.91 Å². The maximum atomic E-state index is 13.3. The van der Waals surface area contributed by atoms with Crippen LogP contribution in [0.25, 0.3) is 0 Å². The summed E-state index contributed by atoms with van der Waals surface area (Å²) in [6.07, 6.45) is 0. The Hall–Kier alpha value is -2.36. The molecule has 0 fully saturated rings. The van der Waals surface area contributed by atoms with Gasteiger partial charge in [-0.1, -0.05) is 24.3 Å². The lowest BCUT2D eigenvalue weighted by molar-refractivity contribution is 0.0752. The molecule has 0 heterocycles. The van der Waals surface area contributed by atoms with Crippen molar-refractivity contribution in [1.29, 1.82) is 0 Å². The minimum absolute atomic E-state index is 0.127. The van der Waals surface area contributed by atoms with Gasteiger partial charge in [0.2, 0.25) is 0 Å². The molecule has 0 bridgehead atoms. The third-order valence-electron chi connectivity index (χ3n) is 3.45. The van der Waals surface area contributed by atoms with Crippen LogP contribution < -0.4 is 5.73 Å². The Morgan fingerprint density at radius 1 is 1.24 bits per heavy atom. The lowest BCUT2D eigenvalue weighted by Gasteiger charge is -2.23. The number of rotatable bonds is 4. The van der Waals surface area contributed by atoms with Crippen LogP contribution in [0.15, 0.2) is 42.5 Å². The Morgan fingerprint density at radius 3 is 2.57 bits per heavy atom. The molecule has 2 N–H and O–H groups in total. The van der Waals surface area contributed by atoms with Gasteiger partial charge in [0.15, 0.2) is 0 Å². The topological polar surface area (TPSA) is 46.3 Å². The Labute approximate surface area is 124 Å². The summed E-state index contributed by atoms with van der Waals surface area (Å²) in [6.45, 7) is 4.65. The third-order valence-corrected chi connectivity index (χ3v) is 3.45. The molecule has 110 valence electrons. The summed E-state index contributed by atoms with van der Waals surface area (Å²) in [4.78, 5) is 14.3. The smallest absolute Gasteiger partial charge is 0.256 e. The number of nitrogens with two attached hydrogens (primary N) is 1. The maximum Gasteiger partial charge on any atom is 0.256 e. The number of amides is 1. The molecule has 0 aliphatic heterocycles. The third kappa shape index (κ3) is 3.40. The highest BCUT2D eigenvalue weighted by Gasteiger charge is 2.19. The van der Waals surface area contributed by atoms with E-state index in [0.717, 1.165) is 11.1 Å². The zero-order valence-electron chi connectivity index (χ0n) is 12.3. The molecule has 0 aromatic heterocycles. The van der Waals surface area contributed by atoms with E-state index in [0.29, 0.717) is 24.3 Å². The summed E-state index contributed by atoms with van der Waals surface area (Å²) < 4.78 is 13.3. The van der Waals surface area contributed by atoms with Gasteiger partial charge < -0.3 is 10.6 Å². The van der Waals surface area contributed by atoms with Gasteiger partial charge in [-0.25, -0.2) is 4.39 Å². The number of hydrogen-bond acceptors (Lipinski definition) is 2. The number of halogens is 1. The van der Waals surface area contributed by atoms with Gasteiger partial charge in [-0.3, -0.25) is 4.79 Å². The fourth-order valence-corrected chi connectivity index (χ4v) is 2.32. The zero-order chi connectivity index (χ0) is 15.4. The Bertz CT molecular complexity index is 635. The summed E-state index contributed by atoms with van der Waals surface area (Å²) in [6, 6.07) is 11.7. The Morgan fingerprint density at radius 2 is 1.95 bits per heavy atom. The molecular weight excluding hydrogens is 267 g/mol. The monoisotopic (exact) mass is 286 g/mol. The highest BCUT2D eigenvalue weighted by Crippen LogP contribution is 2.20. The summed E-state index contributed by atoms with van der Waals surface area (Å²) in [7, 11) is 0. The van der Waals surface area contributed by atoms with Crippen molar-refractivity contribution in [2.24, 2.45) is 0 Å². The van der Waals surface area contributed by atoms with E-state index in [1.165, 1.54) is 12.1 Å². The number of nitrogens with zero attached hydrogens (tertiary/aromatic N) is 1. The van der Waals surface area contributed by atoms with Crippen molar-refractivity contribution >= 4 is 11.6 Å². The first-order valence-electron chi connectivity index (χ1n) is 6.91. The molecule has 0 saturated carbocycles. The van der Waals surface area contributed by atoms with Crippen molar-refractivity contribution in [3.8, 4) is 0 Å². The Kier molecular flexibility index (Phi) is 4.58. The van der Waals surface area contributed by atoms with Crippen LogP contribution in [-0.2, 0) is 6.54 Å². The minimum atomic E-state index is -0.300. The average Bonchev–Trinajstić information content (AvgIpc) is 2.44. The molecule has 2 rings (SSSR count). The van der Waals surface area contributed by atoms with Crippen molar-refractivity contribution in [2.45, 2.75) is 20.4 Å². The molecule has 3 nitrogen and oxygen atoms in total. The van der Waals surface area contributed by atoms with Crippen molar-refractivity contribution in [3.63, 3.8) is 0 Å². The van der Waals surface area contributed by atoms with Gasteiger partial charge >= 0.3 is 0 Å². The second kappa shape index (κ2) is 6.39. The zero-order valence-corrected chi connectivity index (χ0v) is 12.3. The second-order valence-electron chi connectivity index (χ2n) is 4.99. The normalized spacial score (nSPS) is 10.4. The van der Waals surface area contributed by atoms with E-state index in [9.17, 15) is 9.18 Å². The molecule has 4 heteroatoms. The first kappa shape index (κ1) is 15.0. The molecule has 0 spiro atoms. The predicted octanol–water partition coefficient (Wildman–Crippen LogP) is 3.38. The number of carbonyl (C=O) groups excluding carboxylic acids is 1. The van der Waals surface area contributed by atoms with Gasteiger partial charge in [-0.05, 0) is 43.2 Å². The van der Waals surface area contributed by atoms with Gasteiger partial charge in [-0.2, -0.15) is 0 Å². The van der Waals surface area contributed by atoms with Gasteiger partial charge in [0.1, 0.15) is 5.82 Å². The largest absolute Gasteiger partial charge is 0.398 e. The first-order chi connectivity index (χ1) is 10.0. The van der Waals surface area contributed by atoms with Crippen LogP contribution in [-0.4, -0.2) is 17.4 Å². The van der Waals surface area contributed by atoms with E-state index in [-0.39, 0.29) is 11.7 Å². The van der Waals surface area contributed by atoms with E-state index < -0.39 is 0 Å². The quantitative estimate of drug-likeness (QED) is 0.876. The molecule has 1 amide bonds. The molecule has 0 radical (unpaired) electrons. The summed E-state index contributed by atoms with van der Waals surface area (Å²) in [5, 5.41) is 0. The predicted molar refractivity (Wildman–Crippen MR) is 82.4 cm³/mol. The highest BCUT2D eigenvalue weighted by molar-refractivity contribution is 6.00. The molecule has 0 unspecified atom stereocenters. The molecule has 21 heavy (non-hydrogen) atoms. The van der Waals surface area contributed by atoms with Crippen molar-refractivity contribution in [1.82, 2.24) is 4.90 Å². The summed E-state index contributed by atoms with van der Waals surface area (Å²) >= 11 is 0. The lowest BCUT2D eigenvalue weighted by Crippen LogP contribution is -2.31. The van der Waals surface area contributed by atoms with Crippen LogP contribution in [0.2, 0.25) is 0 Å². The van der Waals surface area contributed by atoms with E-state index in [1.807, 2.05) is 26.0 Å². The van der Waals surface area contributed by atoms with Gasteiger partial charge in [0.05, 0.1) is 5.56 Å². The van der Waals surface area contributed by atoms with Crippen LogP contribution in [0.3, 0.4) is 0 Å². The number of nitrogen functional groups attached to an aromatic ring is 1. The molecule has 0 aliphatic rings. The number of anilines is 1. The first-order valence-corrected chi connectivity index (χ1v) is 6.91. The van der Waals surface area contributed by atoms with Gasteiger partial charge in [-0.15, -0.1) is 0 Å². The molecule has 2 aromatic carbocycles. The summed E-state index contributed by atoms with van der Waals surface area (Å²) in [5.74, 6) is -0.427. The van der Waals surface area contributed by atoms with E-state index in [1.54, 1.807) is 23.1 Å². The molecule has 2 aromatic rings. The molecular formula is C17H19FN2O. The number of aryl methyl sites for hydroxylation is 1. The summed E-state index contributed by atoms with van der Waals surface area (Å²) in [5.41, 5.74) is 8.53. The van der Waals surface area contributed by atoms with Crippen molar-refractivity contribution in [2.75, 3.05) is 12.3 Å². The van der Waals surface area contributed by atoms with Crippen molar-refractivity contribution < 1.29 is 9.18 Å². The van der Waals surface area contributed by atoms with Gasteiger partial charge in [0, 0.05) is 18.8 Å². The molecule has 0 aliphatic carbocycles. The second-order valence-corrected chi connectivity index (χ2v) is 4.99. The Balaban J connectivity index is 2.27. The van der Waals surface area contributed by atoms with Crippen LogP contribution >= 0.6 is 0 Å². The fraction of sp³-hybridized carbons (Fsp3) is 0.235. The van der Waals surface area contributed by atoms with Crippen LogP contribution in [0.1, 0.15) is 28.4 Å². The average molecular weight is 286 g/mol. The van der Waals surface area contributed by atoms with Crippen LogP contribution in [0.4, 0.5) is 10.1 Å². The molecule has 0 saturated heterocycles. The number of carbonyl (C=O) groups is 1. The fourth-order valence-electron chi connectivity index (χ4n) is 2.32. The van der Waals surface area contributed by atoms with Crippen LogP contribution in [0.5, 0.6) is 0 Å². The number of hydrogen-bond donors (Lipinski definition) is 1. The standard InChI is InChI=1S/C17H19FN2O/c1-3-20(11-13-7-5-8-14(18)10-13)17(21)16-12(2)6-4-9-15(16)19/h4-10H,3,11,19H2,1-2H3. The maximum absolute atomic E-state index is 13.3. The van der Waals surface area contributed by atoms with Crippen molar-refractivity contribution in [3.05, 3.63) is 65.0 Å². The van der Waals surface area contributed by atoms with E-state index in [4.69, 9.17) is 5.73 Å². The lowest BCUT2D eigenvalue weighted by atomic mass is 10.0. The number of benzene rings is 2.